The molecule has 0 unspecified atom stereocenters. The largest absolute Gasteiger partial charge is 0.0619 e. The Bertz CT molecular complexity index is 564. The van der Waals surface area contributed by atoms with E-state index in [0.29, 0.717) is 0 Å². The van der Waals surface area contributed by atoms with Crippen LogP contribution < -0.4 is 0 Å². The summed E-state index contributed by atoms with van der Waals surface area (Å²) in [5, 5.41) is 0. The van der Waals surface area contributed by atoms with Crippen molar-refractivity contribution in [2.45, 2.75) is 33.1 Å². The van der Waals surface area contributed by atoms with Crippen LogP contribution in [0.2, 0.25) is 0 Å². The summed E-state index contributed by atoms with van der Waals surface area (Å²) < 4.78 is 0. The second kappa shape index (κ2) is 4.03. The third-order valence-corrected chi connectivity index (χ3v) is 3.82. The fraction of sp³-hybridized carbons (Fsp3) is 0.294. The molecule has 0 spiro atoms. The predicted octanol–water partition coefficient (Wildman–Crippen LogP) is 4.38. The maximum Gasteiger partial charge on any atom is -0.00132 e. The van der Waals surface area contributed by atoms with E-state index in [0.717, 1.165) is 19.3 Å². The molecule has 0 bridgehead atoms. The maximum absolute atomic E-state index is 2.40. The SMILES string of the molecule is CCc1cc(CC)c2c(c1)Cc1ccccc1-2. The fourth-order valence-electron chi connectivity index (χ4n) is 2.93. The van der Waals surface area contributed by atoms with Gasteiger partial charge in [0.2, 0.25) is 0 Å². The van der Waals surface area contributed by atoms with Gasteiger partial charge in [0.25, 0.3) is 0 Å². The number of rotatable bonds is 2. The van der Waals surface area contributed by atoms with Crippen molar-refractivity contribution < 1.29 is 0 Å². The van der Waals surface area contributed by atoms with Gasteiger partial charge in [0.1, 0.15) is 0 Å². The number of benzene rings is 2. The van der Waals surface area contributed by atoms with Crippen LogP contribution in [-0.2, 0) is 19.3 Å². The first-order chi connectivity index (χ1) is 8.33. The summed E-state index contributed by atoms with van der Waals surface area (Å²) in [5.41, 5.74) is 8.99. The minimum Gasteiger partial charge on any atom is -0.0619 e. The van der Waals surface area contributed by atoms with E-state index < -0.39 is 0 Å². The van der Waals surface area contributed by atoms with Crippen molar-refractivity contribution in [3.63, 3.8) is 0 Å². The van der Waals surface area contributed by atoms with Crippen LogP contribution in [0.1, 0.15) is 36.1 Å². The normalized spacial score (nSPS) is 12.4. The molecular formula is C17H18. The lowest BCUT2D eigenvalue weighted by Crippen LogP contribution is -1.92. The number of hydrogen-bond donors (Lipinski definition) is 0. The fourth-order valence-corrected chi connectivity index (χ4v) is 2.93. The Morgan fingerprint density at radius 1 is 0.941 bits per heavy atom. The van der Waals surface area contributed by atoms with Gasteiger partial charge >= 0.3 is 0 Å². The summed E-state index contributed by atoms with van der Waals surface area (Å²) in [4.78, 5) is 0. The Morgan fingerprint density at radius 2 is 1.76 bits per heavy atom. The molecule has 3 rings (SSSR count). The molecule has 0 heteroatoms. The van der Waals surface area contributed by atoms with Crippen LogP contribution in [0.25, 0.3) is 11.1 Å². The Morgan fingerprint density at radius 3 is 2.53 bits per heavy atom. The van der Waals surface area contributed by atoms with E-state index >= 15 is 0 Å². The Balaban J connectivity index is 2.25. The smallest absolute Gasteiger partial charge is 0.00132 e. The molecule has 0 aliphatic heterocycles. The van der Waals surface area contributed by atoms with Crippen LogP contribution in [-0.4, -0.2) is 0 Å². The van der Waals surface area contributed by atoms with Gasteiger partial charge in [-0.05, 0) is 52.6 Å². The molecular weight excluding hydrogens is 204 g/mol. The molecule has 2 aromatic carbocycles. The molecule has 17 heavy (non-hydrogen) atoms. The highest BCUT2D eigenvalue weighted by atomic mass is 14.2. The molecule has 2 aromatic rings. The maximum atomic E-state index is 2.40. The first-order valence-corrected chi connectivity index (χ1v) is 6.56. The second-order valence-corrected chi connectivity index (χ2v) is 4.83. The molecule has 0 N–H and O–H groups in total. The van der Waals surface area contributed by atoms with E-state index in [2.05, 4.69) is 50.2 Å². The molecule has 0 fully saturated rings. The van der Waals surface area contributed by atoms with Crippen molar-refractivity contribution in [1.29, 1.82) is 0 Å². The van der Waals surface area contributed by atoms with Crippen molar-refractivity contribution in [3.8, 4) is 11.1 Å². The van der Waals surface area contributed by atoms with Crippen molar-refractivity contribution in [2.24, 2.45) is 0 Å². The van der Waals surface area contributed by atoms with Crippen LogP contribution in [0.15, 0.2) is 36.4 Å². The Labute approximate surface area is 103 Å². The van der Waals surface area contributed by atoms with Crippen LogP contribution in [0, 0.1) is 0 Å². The molecule has 1 aliphatic rings. The van der Waals surface area contributed by atoms with Gasteiger partial charge in [-0.25, -0.2) is 0 Å². The van der Waals surface area contributed by atoms with Crippen molar-refractivity contribution in [2.75, 3.05) is 0 Å². The lowest BCUT2D eigenvalue weighted by molar-refractivity contribution is 1.08. The zero-order valence-corrected chi connectivity index (χ0v) is 10.6. The molecule has 86 valence electrons. The van der Waals surface area contributed by atoms with Gasteiger partial charge in [0.05, 0.1) is 0 Å². The number of aryl methyl sites for hydroxylation is 2. The highest BCUT2D eigenvalue weighted by Gasteiger charge is 2.20. The second-order valence-electron chi connectivity index (χ2n) is 4.83. The number of hydrogen-bond acceptors (Lipinski definition) is 0. The van der Waals surface area contributed by atoms with E-state index in [-0.39, 0.29) is 0 Å². The first kappa shape index (κ1) is 10.6. The van der Waals surface area contributed by atoms with Gasteiger partial charge in [-0.15, -0.1) is 0 Å². The molecule has 0 saturated heterocycles. The van der Waals surface area contributed by atoms with Crippen molar-refractivity contribution in [1.82, 2.24) is 0 Å². The van der Waals surface area contributed by atoms with Crippen LogP contribution in [0.3, 0.4) is 0 Å². The minimum absolute atomic E-state index is 1.12. The zero-order chi connectivity index (χ0) is 11.8. The van der Waals surface area contributed by atoms with Crippen molar-refractivity contribution >= 4 is 0 Å². The molecule has 0 amide bonds. The summed E-state index contributed by atoms with van der Waals surface area (Å²) in [7, 11) is 0. The van der Waals surface area contributed by atoms with Gasteiger partial charge in [0.15, 0.2) is 0 Å². The Kier molecular flexibility index (Phi) is 2.51. The van der Waals surface area contributed by atoms with E-state index in [1.165, 1.54) is 33.4 Å². The van der Waals surface area contributed by atoms with Crippen molar-refractivity contribution in [3.05, 3.63) is 58.7 Å². The first-order valence-electron chi connectivity index (χ1n) is 6.56. The quantitative estimate of drug-likeness (QED) is 0.603. The molecule has 0 atom stereocenters. The van der Waals surface area contributed by atoms with Gasteiger partial charge < -0.3 is 0 Å². The molecule has 0 saturated carbocycles. The van der Waals surface area contributed by atoms with E-state index in [9.17, 15) is 0 Å². The third kappa shape index (κ3) is 1.59. The summed E-state index contributed by atoms with van der Waals surface area (Å²) >= 11 is 0. The van der Waals surface area contributed by atoms with Gasteiger partial charge in [0, 0.05) is 0 Å². The summed E-state index contributed by atoms with van der Waals surface area (Å²) in [6, 6.07) is 13.6. The van der Waals surface area contributed by atoms with E-state index in [4.69, 9.17) is 0 Å². The van der Waals surface area contributed by atoms with Gasteiger partial charge in [-0.3, -0.25) is 0 Å². The monoisotopic (exact) mass is 222 g/mol. The lowest BCUT2D eigenvalue weighted by atomic mass is 9.94. The molecule has 0 heterocycles. The van der Waals surface area contributed by atoms with Crippen LogP contribution in [0.4, 0.5) is 0 Å². The topological polar surface area (TPSA) is 0 Å². The molecule has 0 aromatic heterocycles. The molecule has 1 aliphatic carbocycles. The standard InChI is InChI=1S/C17H18/c1-3-12-9-13(4-2)17-15(10-12)11-14-7-5-6-8-16(14)17/h5-10H,3-4,11H2,1-2H3. The van der Waals surface area contributed by atoms with Gasteiger partial charge in [-0.2, -0.15) is 0 Å². The average Bonchev–Trinajstić information content (AvgIpc) is 2.75. The number of fused-ring (bicyclic) bond motifs is 3. The summed E-state index contributed by atoms with van der Waals surface area (Å²) in [6.07, 6.45) is 3.38. The summed E-state index contributed by atoms with van der Waals surface area (Å²) in [5.74, 6) is 0. The highest BCUT2D eigenvalue weighted by molar-refractivity contribution is 5.79. The Hall–Kier alpha value is -1.56. The molecule has 0 radical (unpaired) electrons. The predicted molar refractivity (Wildman–Crippen MR) is 73.4 cm³/mol. The third-order valence-electron chi connectivity index (χ3n) is 3.82. The highest BCUT2D eigenvalue weighted by Crippen LogP contribution is 2.39. The van der Waals surface area contributed by atoms with Gasteiger partial charge in [-0.1, -0.05) is 50.2 Å². The molecule has 0 nitrogen and oxygen atoms in total. The van der Waals surface area contributed by atoms with Crippen LogP contribution >= 0.6 is 0 Å². The van der Waals surface area contributed by atoms with Crippen LogP contribution in [0.5, 0.6) is 0 Å². The average molecular weight is 222 g/mol. The lowest BCUT2D eigenvalue weighted by Gasteiger charge is -2.10. The summed E-state index contributed by atoms with van der Waals surface area (Å²) in [6.45, 7) is 4.50. The van der Waals surface area contributed by atoms with E-state index in [1.54, 1.807) is 0 Å². The zero-order valence-electron chi connectivity index (χ0n) is 10.6. The minimum atomic E-state index is 1.12. The van der Waals surface area contributed by atoms with E-state index in [1.807, 2.05) is 0 Å².